The van der Waals surface area contributed by atoms with Crippen molar-refractivity contribution in [3.8, 4) is 5.69 Å². The average molecular weight is 508 g/mol. The fraction of sp³-hybridized carbons (Fsp3) is 0.407. The van der Waals surface area contributed by atoms with Crippen molar-refractivity contribution >= 4 is 29.3 Å². The zero-order chi connectivity index (χ0) is 24.9. The van der Waals surface area contributed by atoms with Crippen LogP contribution in [0.2, 0.25) is 0 Å². The van der Waals surface area contributed by atoms with Crippen molar-refractivity contribution in [2.75, 3.05) is 17.2 Å². The predicted octanol–water partition coefficient (Wildman–Crippen LogP) is 5.14. The first-order valence-corrected chi connectivity index (χ1v) is 13.6. The van der Waals surface area contributed by atoms with E-state index in [-0.39, 0.29) is 24.2 Å². The molecule has 1 saturated heterocycles. The summed E-state index contributed by atoms with van der Waals surface area (Å²) in [7, 11) is 0. The van der Waals surface area contributed by atoms with Gasteiger partial charge in [-0.05, 0) is 67.6 Å². The Balaban J connectivity index is 1.32. The number of rotatable bonds is 8. The molecule has 188 valence electrons. The smallest absolute Gasteiger partial charge is 0.251 e. The molecule has 0 radical (unpaired) electrons. The van der Waals surface area contributed by atoms with Crippen LogP contribution in [-0.4, -0.2) is 38.9 Å². The predicted molar refractivity (Wildman–Crippen MR) is 138 cm³/mol. The Morgan fingerprint density at radius 1 is 1.03 bits per heavy atom. The standard InChI is InChI=1S/C27H30FN5O2S/c28-21-11-13-22(14-12-21)33-24(30-31-27(33)36-18-19-6-2-1-3-7-19)17-29-26(35)20-8-4-9-23(16-20)32-15-5-10-25(32)34/h4,8-9,11-14,16,19H,1-3,5-7,10,15,17-18H2,(H,29,35). The number of benzene rings is 2. The van der Waals surface area contributed by atoms with E-state index < -0.39 is 0 Å². The molecule has 36 heavy (non-hydrogen) atoms. The van der Waals surface area contributed by atoms with Gasteiger partial charge in [0.2, 0.25) is 5.91 Å². The highest BCUT2D eigenvalue weighted by molar-refractivity contribution is 7.99. The van der Waals surface area contributed by atoms with E-state index in [1.807, 2.05) is 10.6 Å². The van der Waals surface area contributed by atoms with Gasteiger partial charge in [0.15, 0.2) is 11.0 Å². The van der Waals surface area contributed by atoms with E-state index in [9.17, 15) is 14.0 Å². The van der Waals surface area contributed by atoms with Crippen LogP contribution in [0.5, 0.6) is 0 Å². The maximum Gasteiger partial charge on any atom is 0.251 e. The number of nitrogens with zero attached hydrogens (tertiary/aromatic N) is 4. The fourth-order valence-electron chi connectivity index (χ4n) is 4.90. The third kappa shape index (κ3) is 5.61. The number of halogens is 1. The van der Waals surface area contributed by atoms with Crippen LogP contribution in [0.15, 0.2) is 53.7 Å². The van der Waals surface area contributed by atoms with Gasteiger partial charge in [0.1, 0.15) is 5.82 Å². The summed E-state index contributed by atoms with van der Waals surface area (Å²) in [4.78, 5) is 26.8. The second-order valence-electron chi connectivity index (χ2n) is 9.41. The molecule has 3 aromatic rings. The summed E-state index contributed by atoms with van der Waals surface area (Å²) in [5.74, 6) is 1.72. The third-order valence-electron chi connectivity index (χ3n) is 6.86. The molecule has 0 unspecified atom stereocenters. The highest BCUT2D eigenvalue weighted by Gasteiger charge is 2.23. The summed E-state index contributed by atoms with van der Waals surface area (Å²) < 4.78 is 15.5. The minimum absolute atomic E-state index is 0.0817. The van der Waals surface area contributed by atoms with E-state index in [4.69, 9.17) is 0 Å². The Bertz CT molecular complexity index is 1220. The van der Waals surface area contributed by atoms with Crippen molar-refractivity contribution in [3.63, 3.8) is 0 Å². The first-order chi connectivity index (χ1) is 17.6. The first kappa shape index (κ1) is 24.5. The molecule has 0 atom stereocenters. The van der Waals surface area contributed by atoms with Crippen molar-refractivity contribution in [2.24, 2.45) is 5.92 Å². The van der Waals surface area contributed by atoms with Crippen molar-refractivity contribution in [1.82, 2.24) is 20.1 Å². The molecular formula is C27H30FN5O2S. The molecule has 0 spiro atoms. The molecule has 5 rings (SSSR count). The number of carbonyl (C=O) groups is 2. The SMILES string of the molecule is O=C(NCc1nnc(SCC2CCCCC2)n1-c1ccc(F)cc1)c1cccc(N2CCCC2=O)c1. The maximum atomic E-state index is 13.6. The molecule has 9 heteroatoms. The summed E-state index contributed by atoms with van der Waals surface area (Å²) in [6, 6.07) is 13.3. The van der Waals surface area contributed by atoms with Crippen molar-refractivity contribution in [1.29, 1.82) is 0 Å². The second kappa shape index (κ2) is 11.2. The Morgan fingerprint density at radius 3 is 2.58 bits per heavy atom. The van der Waals surface area contributed by atoms with E-state index in [0.717, 1.165) is 28.7 Å². The first-order valence-electron chi connectivity index (χ1n) is 12.6. The monoisotopic (exact) mass is 507 g/mol. The normalized spacial score (nSPS) is 16.5. The highest BCUT2D eigenvalue weighted by Crippen LogP contribution is 2.31. The minimum atomic E-state index is -0.311. The molecule has 2 aromatic carbocycles. The number of aromatic nitrogens is 3. The summed E-state index contributed by atoms with van der Waals surface area (Å²) in [6.45, 7) is 0.839. The number of thioether (sulfide) groups is 1. The summed E-state index contributed by atoms with van der Waals surface area (Å²) in [6.07, 6.45) is 7.71. The number of amides is 2. The van der Waals surface area contributed by atoms with Gasteiger partial charge in [-0.1, -0.05) is 37.1 Å². The summed E-state index contributed by atoms with van der Waals surface area (Å²) in [5.41, 5.74) is 1.97. The quantitative estimate of drug-likeness (QED) is 0.427. The number of nitrogens with one attached hydrogen (secondary N) is 1. The van der Waals surface area contributed by atoms with Crippen molar-refractivity contribution in [2.45, 2.75) is 56.6 Å². The van der Waals surface area contributed by atoms with Crippen LogP contribution in [0.25, 0.3) is 5.69 Å². The lowest BCUT2D eigenvalue weighted by atomic mass is 9.91. The average Bonchev–Trinajstić information content (AvgIpc) is 3.53. The van der Waals surface area contributed by atoms with Crippen molar-refractivity contribution < 1.29 is 14.0 Å². The lowest BCUT2D eigenvalue weighted by Gasteiger charge is -2.20. The van der Waals surface area contributed by atoms with Crippen LogP contribution >= 0.6 is 11.8 Å². The number of hydrogen-bond donors (Lipinski definition) is 1. The van der Waals surface area contributed by atoms with Gasteiger partial charge >= 0.3 is 0 Å². The van der Waals surface area contributed by atoms with Crippen LogP contribution in [0.1, 0.15) is 61.1 Å². The number of hydrogen-bond acceptors (Lipinski definition) is 5. The lowest BCUT2D eigenvalue weighted by molar-refractivity contribution is -0.117. The number of carbonyl (C=O) groups excluding carboxylic acids is 2. The summed E-state index contributed by atoms with van der Waals surface area (Å²) >= 11 is 1.67. The van der Waals surface area contributed by atoms with E-state index >= 15 is 0 Å². The van der Waals surface area contributed by atoms with E-state index in [1.54, 1.807) is 47.0 Å². The van der Waals surface area contributed by atoms with Crippen LogP contribution in [0.3, 0.4) is 0 Å². The molecule has 1 aliphatic carbocycles. The van der Waals surface area contributed by atoms with Crippen LogP contribution in [0.4, 0.5) is 10.1 Å². The van der Waals surface area contributed by atoms with Crippen molar-refractivity contribution in [3.05, 3.63) is 65.7 Å². The summed E-state index contributed by atoms with van der Waals surface area (Å²) in [5, 5.41) is 12.5. The lowest BCUT2D eigenvalue weighted by Crippen LogP contribution is -2.26. The minimum Gasteiger partial charge on any atom is -0.345 e. The molecule has 1 N–H and O–H groups in total. The molecule has 1 aromatic heterocycles. The fourth-order valence-corrected chi connectivity index (χ4v) is 6.06. The van der Waals surface area contributed by atoms with Gasteiger partial charge in [-0.3, -0.25) is 14.2 Å². The zero-order valence-electron chi connectivity index (χ0n) is 20.2. The second-order valence-corrected chi connectivity index (χ2v) is 10.4. The molecule has 2 fully saturated rings. The van der Waals surface area contributed by atoms with Gasteiger partial charge in [-0.2, -0.15) is 0 Å². The highest BCUT2D eigenvalue weighted by atomic mass is 32.2. The Morgan fingerprint density at radius 2 is 1.83 bits per heavy atom. The van der Waals surface area contributed by atoms with Gasteiger partial charge < -0.3 is 10.2 Å². The zero-order valence-corrected chi connectivity index (χ0v) is 21.0. The molecule has 1 saturated carbocycles. The Kier molecular flexibility index (Phi) is 7.65. The molecule has 2 aliphatic rings. The topological polar surface area (TPSA) is 80.1 Å². The van der Waals surface area contributed by atoms with E-state index in [0.29, 0.717) is 30.3 Å². The molecule has 2 heterocycles. The molecule has 1 aliphatic heterocycles. The largest absolute Gasteiger partial charge is 0.345 e. The van der Waals surface area contributed by atoms with Gasteiger partial charge in [0, 0.05) is 35.7 Å². The van der Waals surface area contributed by atoms with Gasteiger partial charge in [0.05, 0.1) is 6.54 Å². The molecule has 7 nitrogen and oxygen atoms in total. The Labute approximate surface area is 214 Å². The van der Waals surface area contributed by atoms with Gasteiger partial charge in [0.25, 0.3) is 5.91 Å². The molecule has 2 amide bonds. The molecule has 0 bridgehead atoms. The van der Waals surface area contributed by atoms with Gasteiger partial charge in [-0.25, -0.2) is 4.39 Å². The van der Waals surface area contributed by atoms with E-state index in [1.165, 1.54) is 44.2 Å². The van der Waals surface area contributed by atoms with Gasteiger partial charge in [-0.15, -0.1) is 10.2 Å². The van der Waals surface area contributed by atoms with Crippen LogP contribution < -0.4 is 10.2 Å². The third-order valence-corrected chi connectivity index (χ3v) is 8.02. The maximum absolute atomic E-state index is 13.6. The van der Waals surface area contributed by atoms with E-state index in [2.05, 4.69) is 15.5 Å². The number of anilines is 1. The van der Waals surface area contributed by atoms with Crippen LogP contribution in [-0.2, 0) is 11.3 Å². The molecular weight excluding hydrogens is 477 g/mol. The Hall–Kier alpha value is -3.20. The van der Waals surface area contributed by atoms with Crippen LogP contribution in [0, 0.1) is 11.7 Å².